The molecule has 0 rings (SSSR count). The third kappa shape index (κ3) is 22.2. The van der Waals surface area contributed by atoms with Gasteiger partial charge in [-0.3, -0.25) is 19.2 Å². The molecule has 1 unspecified atom stereocenters. The molecule has 0 heterocycles. The summed E-state index contributed by atoms with van der Waals surface area (Å²) < 4.78 is 0. The van der Waals surface area contributed by atoms with Crippen molar-refractivity contribution in [3.8, 4) is 0 Å². The van der Waals surface area contributed by atoms with Crippen LogP contribution >= 0.6 is 0 Å². The fraction of sp³-hybridized carbons (Fsp3) is 0.900. The van der Waals surface area contributed by atoms with Crippen LogP contribution in [0.3, 0.4) is 0 Å². The lowest BCUT2D eigenvalue weighted by molar-refractivity contribution is -0.137. The molecule has 0 saturated heterocycles. The lowest BCUT2D eigenvalue weighted by Gasteiger charge is -2.33. The lowest BCUT2D eigenvalue weighted by atomic mass is 9.69. The minimum Gasteiger partial charge on any atom is -0.299 e. The molecule has 0 aromatic heterocycles. The van der Waals surface area contributed by atoms with E-state index in [1.54, 1.807) is 0 Å². The normalized spacial score (nSPS) is 13.3. The Labute approximate surface area is 277 Å². The summed E-state index contributed by atoms with van der Waals surface area (Å²) in [5.74, 6) is 3.52. The number of hydrogen-bond donors (Lipinski definition) is 0. The Morgan fingerprint density at radius 3 is 0.977 bits per heavy atom. The Morgan fingerprint density at radius 1 is 0.500 bits per heavy atom. The molecule has 4 nitrogen and oxygen atoms in total. The first-order chi connectivity index (χ1) is 19.1. The summed E-state index contributed by atoms with van der Waals surface area (Å²) in [6.07, 6.45) is 2.38. The Kier molecular flexibility index (Phi) is 22.6. The molecule has 0 spiro atoms. The van der Waals surface area contributed by atoms with E-state index < -0.39 is 0 Å². The molecular weight excluding hydrogens is 544 g/mol. The molecule has 0 saturated carbocycles. The zero-order valence-electron chi connectivity index (χ0n) is 34.1. The van der Waals surface area contributed by atoms with Crippen molar-refractivity contribution in [1.82, 2.24) is 0 Å². The van der Waals surface area contributed by atoms with Crippen LogP contribution in [0, 0.1) is 56.7 Å². The molecule has 0 aliphatic carbocycles. The second-order valence-electron chi connectivity index (χ2n) is 18.6. The molecule has 0 aromatic carbocycles. The topological polar surface area (TPSA) is 68.3 Å². The number of ketones is 4. The van der Waals surface area contributed by atoms with Gasteiger partial charge < -0.3 is 0 Å². The maximum Gasteiger partial charge on any atom is 0.144 e. The van der Waals surface area contributed by atoms with Crippen LogP contribution in [-0.2, 0) is 19.2 Å². The highest BCUT2D eigenvalue weighted by Crippen LogP contribution is 2.35. The monoisotopic (exact) mass is 625 g/mol. The van der Waals surface area contributed by atoms with E-state index in [9.17, 15) is 19.2 Å². The van der Waals surface area contributed by atoms with Crippen molar-refractivity contribution in [3.05, 3.63) is 0 Å². The van der Waals surface area contributed by atoms with E-state index >= 15 is 0 Å². The second-order valence-corrected chi connectivity index (χ2v) is 18.6. The summed E-state index contributed by atoms with van der Waals surface area (Å²) in [6.45, 7) is 46.7. The van der Waals surface area contributed by atoms with Crippen LogP contribution in [0.4, 0.5) is 0 Å². The molecule has 0 aliphatic rings. The second kappa shape index (κ2) is 20.0. The molecule has 264 valence electrons. The Morgan fingerprint density at radius 2 is 0.841 bits per heavy atom. The molecule has 0 bridgehead atoms. The molecule has 4 heteroatoms. The van der Waals surface area contributed by atoms with Crippen LogP contribution in [0.25, 0.3) is 0 Å². The fourth-order valence-electron chi connectivity index (χ4n) is 3.74. The predicted octanol–water partition coefficient (Wildman–Crippen LogP) is 11.9. The van der Waals surface area contributed by atoms with Gasteiger partial charge in [0.2, 0.25) is 0 Å². The van der Waals surface area contributed by atoms with E-state index in [0.29, 0.717) is 53.2 Å². The van der Waals surface area contributed by atoms with Gasteiger partial charge in [-0.25, -0.2) is 0 Å². The number of carbonyl (C=O) groups is 4. The molecule has 0 amide bonds. The van der Waals surface area contributed by atoms with Crippen molar-refractivity contribution < 1.29 is 19.2 Å². The van der Waals surface area contributed by atoms with Crippen molar-refractivity contribution in [1.29, 1.82) is 0 Å². The molecule has 0 radical (unpaired) electrons. The average molecular weight is 625 g/mol. The summed E-state index contributed by atoms with van der Waals surface area (Å²) in [6, 6.07) is 0. The number of carbonyl (C=O) groups excluding carboxylic acids is 4. The third-order valence-electron chi connectivity index (χ3n) is 8.53. The zero-order chi connectivity index (χ0) is 36.8. The van der Waals surface area contributed by atoms with E-state index in [4.69, 9.17) is 0 Å². The largest absolute Gasteiger partial charge is 0.299 e. The van der Waals surface area contributed by atoms with Gasteiger partial charge in [0.15, 0.2) is 0 Å². The van der Waals surface area contributed by atoms with Gasteiger partial charge in [-0.2, -0.15) is 0 Å². The minimum atomic E-state index is -0.215. The van der Waals surface area contributed by atoms with E-state index in [-0.39, 0.29) is 33.0 Å². The molecular formula is C40H80O4. The van der Waals surface area contributed by atoms with Gasteiger partial charge in [-0.15, -0.1) is 0 Å². The summed E-state index contributed by atoms with van der Waals surface area (Å²) in [5, 5.41) is 0. The fourth-order valence-corrected chi connectivity index (χ4v) is 3.74. The first-order valence-electron chi connectivity index (χ1n) is 17.3. The van der Waals surface area contributed by atoms with Crippen molar-refractivity contribution >= 4 is 23.1 Å². The van der Waals surface area contributed by atoms with E-state index in [2.05, 4.69) is 62.3 Å². The SMILES string of the molecule is CC(C)C(C)(C)C(=O)C(C)(C)C.CC(C)C(C)C(=O)C(C)(C)C.CC(C)CC(=O)C(C)(C)C.CCC(C)(C)C(=O)CC(C)C. The first-order valence-corrected chi connectivity index (χ1v) is 17.3. The van der Waals surface area contributed by atoms with Gasteiger partial charge in [0, 0.05) is 45.8 Å². The number of Topliss-reactive ketones (excluding diaryl/α,β-unsaturated/α-hetero) is 4. The average Bonchev–Trinajstić information content (AvgIpc) is 2.80. The molecule has 0 N–H and O–H groups in total. The van der Waals surface area contributed by atoms with Gasteiger partial charge in [-0.1, -0.05) is 159 Å². The van der Waals surface area contributed by atoms with E-state index in [1.165, 1.54) is 0 Å². The van der Waals surface area contributed by atoms with Crippen molar-refractivity contribution in [2.45, 2.75) is 179 Å². The lowest BCUT2D eigenvalue weighted by Crippen LogP contribution is -2.38. The van der Waals surface area contributed by atoms with Crippen molar-refractivity contribution in [3.63, 3.8) is 0 Å². The highest BCUT2D eigenvalue weighted by molar-refractivity contribution is 5.89. The molecule has 1 atom stereocenters. The summed E-state index contributed by atoms with van der Waals surface area (Å²) in [4.78, 5) is 46.3. The number of hydrogen-bond acceptors (Lipinski definition) is 4. The highest BCUT2D eigenvalue weighted by atomic mass is 16.1. The molecule has 0 aromatic rings. The van der Waals surface area contributed by atoms with Gasteiger partial charge >= 0.3 is 0 Å². The van der Waals surface area contributed by atoms with Crippen LogP contribution in [0.1, 0.15) is 179 Å². The van der Waals surface area contributed by atoms with Gasteiger partial charge in [0.05, 0.1) is 0 Å². The summed E-state index contributed by atoms with van der Waals surface area (Å²) in [5.41, 5.74) is -0.843. The van der Waals surface area contributed by atoms with Crippen molar-refractivity contribution in [2.75, 3.05) is 0 Å². The first kappa shape index (κ1) is 49.6. The Balaban J connectivity index is -0.000000243. The standard InChI is InChI=1S/C11H22O.2C10H20O.C9H18O/c1-8(2)11(6,7)9(12)10(3,4)5;1-7(2)8(3)9(11)10(4,5)6;1-6-10(4,5)9(11)7-8(2)3;1-7(2)6-8(10)9(3,4)5/h8H,1-7H3;7-8H,1-6H3;8H,6-7H2,1-5H3;7H,6H2,1-5H3. The van der Waals surface area contributed by atoms with Crippen LogP contribution in [0.15, 0.2) is 0 Å². The number of rotatable bonds is 10. The van der Waals surface area contributed by atoms with Crippen LogP contribution in [0.5, 0.6) is 0 Å². The zero-order valence-corrected chi connectivity index (χ0v) is 34.1. The Hall–Kier alpha value is -1.32. The molecule has 0 fully saturated rings. The van der Waals surface area contributed by atoms with Gasteiger partial charge in [0.25, 0.3) is 0 Å². The smallest absolute Gasteiger partial charge is 0.144 e. The maximum absolute atomic E-state index is 11.9. The van der Waals surface area contributed by atoms with Crippen LogP contribution in [0.2, 0.25) is 0 Å². The minimum absolute atomic E-state index is 0.107. The third-order valence-corrected chi connectivity index (χ3v) is 8.53. The van der Waals surface area contributed by atoms with Crippen LogP contribution in [-0.4, -0.2) is 23.1 Å². The highest BCUT2D eigenvalue weighted by Gasteiger charge is 2.38. The summed E-state index contributed by atoms with van der Waals surface area (Å²) in [7, 11) is 0. The predicted molar refractivity (Wildman–Crippen MR) is 194 cm³/mol. The molecule has 0 aliphatic heterocycles. The van der Waals surface area contributed by atoms with E-state index in [1.807, 2.05) is 96.9 Å². The van der Waals surface area contributed by atoms with Crippen LogP contribution < -0.4 is 0 Å². The quantitative estimate of drug-likeness (QED) is 0.242. The summed E-state index contributed by atoms with van der Waals surface area (Å²) >= 11 is 0. The van der Waals surface area contributed by atoms with E-state index in [0.717, 1.165) is 12.8 Å². The van der Waals surface area contributed by atoms with Gasteiger partial charge in [-0.05, 0) is 30.1 Å². The molecule has 44 heavy (non-hydrogen) atoms. The van der Waals surface area contributed by atoms with Crippen molar-refractivity contribution in [2.24, 2.45) is 56.7 Å². The Bertz CT molecular complexity index is 847. The van der Waals surface area contributed by atoms with Gasteiger partial charge in [0.1, 0.15) is 23.1 Å². The maximum atomic E-state index is 11.9.